The first kappa shape index (κ1) is 15.0. The quantitative estimate of drug-likeness (QED) is 0.670. The fourth-order valence-electron chi connectivity index (χ4n) is 3.47. The van der Waals surface area contributed by atoms with Crippen LogP contribution in [0.5, 0.6) is 0 Å². The van der Waals surface area contributed by atoms with E-state index in [1.54, 1.807) is 6.07 Å². The Balaban J connectivity index is 1.70. The van der Waals surface area contributed by atoms with Gasteiger partial charge in [0.2, 0.25) is 5.91 Å². The summed E-state index contributed by atoms with van der Waals surface area (Å²) in [6.07, 6.45) is 3.77. The average molecular weight is 304 g/mol. The van der Waals surface area contributed by atoms with Gasteiger partial charge in [-0.1, -0.05) is 19.1 Å². The van der Waals surface area contributed by atoms with E-state index in [2.05, 4.69) is 5.32 Å². The maximum atomic E-state index is 12.5. The highest BCUT2D eigenvalue weighted by atomic mass is 16.6. The first-order chi connectivity index (χ1) is 10.6. The zero-order chi connectivity index (χ0) is 15.7. The van der Waals surface area contributed by atoms with Crippen molar-refractivity contribution >= 4 is 11.6 Å². The van der Waals surface area contributed by atoms with Gasteiger partial charge in [0.05, 0.1) is 29.1 Å². The van der Waals surface area contributed by atoms with E-state index >= 15 is 0 Å². The lowest BCUT2D eigenvalue weighted by Gasteiger charge is -2.23. The minimum atomic E-state index is -0.415. The van der Waals surface area contributed by atoms with Crippen LogP contribution in [0.3, 0.4) is 0 Å². The van der Waals surface area contributed by atoms with Crippen LogP contribution < -0.4 is 5.32 Å². The number of carbonyl (C=O) groups excluding carboxylic acids is 1. The number of non-ortho nitro benzene ring substituents is 1. The number of ether oxygens (including phenoxy) is 1. The number of carbonyl (C=O) groups is 1. The molecule has 1 aromatic carbocycles. The summed E-state index contributed by atoms with van der Waals surface area (Å²) in [5, 5.41) is 13.9. The fourth-order valence-corrected chi connectivity index (χ4v) is 3.47. The van der Waals surface area contributed by atoms with Crippen LogP contribution in [0, 0.1) is 16.0 Å². The number of nitrogens with one attached hydrogen (secondary N) is 1. The molecule has 6 heteroatoms. The number of hydrogen-bond donors (Lipinski definition) is 1. The molecule has 22 heavy (non-hydrogen) atoms. The third kappa shape index (κ3) is 2.83. The van der Waals surface area contributed by atoms with E-state index < -0.39 is 4.92 Å². The van der Waals surface area contributed by atoms with Crippen LogP contribution in [-0.4, -0.2) is 23.0 Å². The normalized spacial score (nSPS) is 27.6. The number of amides is 1. The maximum absolute atomic E-state index is 12.5. The summed E-state index contributed by atoms with van der Waals surface area (Å²) in [4.78, 5) is 22.9. The Morgan fingerprint density at radius 1 is 1.50 bits per heavy atom. The lowest BCUT2D eigenvalue weighted by molar-refractivity contribution is -0.384. The average Bonchev–Trinajstić information content (AvgIpc) is 3.15. The number of nitro benzene ring substituents is 1. The highest BCUT2D eigenvalue weighted by Crippen LogP contribution is 2.39. The Labute approximate surface area is 129 Å². The number of fused-ring (bicyclic) bond motifs is 2. The van der Waals surface area contributed by atoms with Gasteiger partial charge in [0.1, 0.15) is 0 Å². The molecule has 118 valence electrons. The molecule has 2 bridgehead atoms. The number of rotatable bonds is 5. The molecule has 0 aliphatic carbocycles. The summed E-state index contributed by atoms with van der Waals surface area (Å²) >= 11 is 0. The molecule has 1 N–H and O–H groups in total. The molecule has 0 aromatic heterocycles. The molecule has 2 fully saturated rings. The fraction of sp³-hybridized carbons (Fsp3) is 0.562. The van der Waals surface area contributed by atoms with Crippen LogP contribution >= 0.6 is 0 Å². The van der Waals surface area contributed by atoms with Crippen LogP contribution in [0.25, 0.3) is 0 Å². The smallest absolute Gasteiger partial charge is 0.269 e. The van der Waals surface area contributed by atoms with E-state index in [0.29, 0.717) is 6.42 Å². The molecule has 2 aliphatic heterocycles. The van der Waals surface area contributed by atoms with Gasteiger partial charge in [-0.15, -0.1) is 0 Å². The molecule has 3 rings (SSSR count). The molecule has 4 unspecified atom stereocenters. The summed E-state index contributed by atoms with van der Waals surface area (Å²) in [5.41, 5.74) is 0.822. The van der Waals surface area contributed by atoms with Crippen LogP contribution in [0.2, 0.25) is 0 Å². The lowest BCUT2D eigenvalue weighted by atomic mass is 9.88. The maximum Gasteiger partial charge on any atom is 0.269 e. The Hall–Kier alpha value is -1.95. The monoisotopic (exact) mass is 304 g/mol. The summed E-state index contributed by atoms with van der Waals surface area (Å²) < 4.78 is 5.73. The van der Waals surface area contributed by atoms with E-state index in [1.165, 1.54) is 12.1 Å². The minimum Gasteiger partial charge on any atom is -0.374 e. The predicted octanol–water partition coefficient (Wildman–Crippen LogP) is 2.73. The molecule has 1 amide bonds. The second-order valence-corrected chi connectivity index (χ2v) is 6.04. The van der Waals surface area contributed by atoms with Crippen LogP contribution in [0.1, 0.15) is 44.2 Å². The van der Waals surface area contributed by atoms with Gasteiger partial charge < -0.3 is 10.1 Å². The molecule has 0 radical (unpaired) electrons. The van der Waals surface area contributed by atoms with Crippen molar-refractivity contribution in [1.82, 2.24) is 5.32 Å². The number of benzene rings is 1. The van der Waals surface area contributed by atoms with Crippen molar-refractivity contribution in [2.45, 2.75) is 50.9 Å². The molecule has 1 aromatic rings. The third-order valence-corrected chi connectivity index (χ3v) is 4.65. The Bertz CT molecular complexity index is 589. The summed E-state index contributed by atoms with van der Waals surface area (Å²) in [6.45, 7) is 1.96. The second kappa shape index (κ2) is 6.04. The second-order valence-electron chi connectivity index (χ2n) is 6.04. The highest BCUT2D eigenvalue weighted by Gasteiger charge is 2.44. The minimum absolute atomic E-state index is 0.00514. The first-order valence-corrected chi connectivity index (χ1v) is 7.78. The number of hydrogen-bond acceptors (Lipinski definition) is 4. The zero-order valence-electron chi connectivity index (χ0n) is 12.5. The molecular weight excluding hydrogens is 284 g/mol. The molecular formula is C16H20N2O4. The highest BCUT2D eigenvalue weighted by molar-refractivity contribution is 5.80. The van der Waals surface area contributed by atoms with Crippen molar-refractivity contribution in [2.75, 3.05) is 0 Å². The van der Waals surface area contributed by atoms with Gasteiger partial charge in [-0.2, -0.15) is 0 Å². The lowest BCUT2D eigenvalue weighted by Crippen LogP contribution is -2.38. The molecule has 6 nitrogen and oxygen atoms in total. The van der Waals surface area contributed by atoms with Gasteiger partial charge >= 0.3 is 0 Å². The topological polar surface area (TPSA) is 81.5 Å². The standard InChI is InChI=1S/C16H20N2O4/c1-2-14(10-4-3-5-11(8-10)18(20)21)17-16(19)13-9-12-6-7-15(13)22-12/h3-5,8,12-15H,2,6-7,9H2,1H3,(H,17,19). The van der Waals surface area contributed by atoms with Crippen LogP contribution in [-0.2, 0) is 9.53 Å². The predicted molar refractivity (Wildman–Crippen MR) is 80.3 cm³/mol. The van der Waals surface area contributed by atoms with Crippen LogP contribution in [0.4, 0.5) is 5.69 Å². The van der Waals surface area contributed by atoms with E-state index in [1.807, 2.05) is 13.0 Å². The van der Waals surface area contributed by atoms with E-state index in [4.69, 9.17) is 4.74 Å². The molecule has 2 heterocycles. The Kier molecular flexibility index (Phi) is 4.11. The van der Waals surface area contributed by atoms with Gasteiger partial charge in [-0.05, 0) is 31.2 Å². The van der Waals surface area contributed by atoms with Crippen molar-refractivity contribution in [3.63, 3.8) is 0 Å². The summed E-state index contributed by atoms with van der Waals surface area (Å²) in [7, 11) is 0. The van der Waals surface area contributed by atoms with Gasteiger partial charge in [-0.3, -0.25) is 14.9 Å². The molecule has 4 atom stereocenters. The van der Waals surface area contributed by atoms with E-state index in [9.17, 15) is 14.9 Å². The Morgan fingerprint density at radius 2 is 2.32 bits per heavy atom. The zero-order valence-corrected chi connectivity index (χ0v) is 12.5. The van der Waals surface area contributed by atoms with Crippen molar-refractivity contribution < 1.29 is 14.5 Å². The third-order valence-electron chi connectivity index (χ3n) is 4.65. The van der Waals surface area contributed by atoms with Crippen molar-refractivity contribution in [1.29, 1.82) is 0 Å². The van der Waals surface area contributed by atoms with E-state index in [0.717, 1.165) is 24.8 Å². The molecule has 0 spiro atoms. The van der Waals surface area contributed by atoms with Gasteiger partial charge in [-0.25, -0.2) is 0 Å². The van der Waals surface area contributed by atoms with Crippen molar-refractivity contribution in [3.8, 4) is 0 Å². The van der Waals surface area contributed by atoms with E-state index in [-0.39, 0.29) is 35.8 Å². The van der Waals surface area contributed by atoms with Crippen molar-refractivity contribution in [2.24, 2.45) is 5.92 Å². The number of nitrogens with zero attached hydrogens (tertiary/aromatic N) is 1. The SMILES string of the molecule is CCC(NC(=O)C1CC2CCC1O2)c1cccc([N+](=O)[O-])c1. The number of nitro groups is 1. The molecule has 0 saturated carbocycles. The summed E-state index contributed by atoms with van der Waals surface area (Å²) in [5.74, 6) is -0.0722. The van der Waals surface area contributed by atoms with Gasteiger partial charge in [0.25, 0.3) is 5.69 Å². The van der Waals surface area contributed by atoms with Gasteiger partial charge in [0, 0.05) is 12.1 Å². The van der Waals surface area contributed by atoms with Crippen molar-refractivity contribution in [3.05, 3.63) is 39.9 Å². The molecule has 2 saturated heterocycles. The van der Waals surface area contributed by atoms with Gasteiger partial charge in [0.15, 0.2) is 0 Å². The first-order valence-electron chi connectivity index (χ1n) is 7.78. The Morgan fingerprint density at radius 3 is 2.91 bits per heavy atom. The summed E-state index contributed by atoms with van der Waals surface area (Å²) in [6, 6.07) is 6.27. The van der Waals surface area contributed by atoms with Crippen LogP contribution in [0.15, 0.2) is 24.3 Å². The molecule has 2 aliphatic rings. The largest absolute Gasteiger partial charge is 0.374 e.